The van der Waals surface area contributed by atoms with E-state index in [9.17, 15) is 14.9 Å². The molecule has 114 valence electrons. The zero-order valence-corrected chi connectivity index (χ0v) is 11.8. The molecule has 1 fully saturated rings. The second-order valence-corrected chi connectivity index (χ2v) is 4.63. The molecule has 1 aliphatic carbocycles. The monoisotopic (exact) mass is 296 g/mol. The number of carbonyl (C=O) groups is 1. The van der Waals surface area contributed by atoms with Crippen LogP contribution in [0.3, 0.4) is 0 Å². The molecule has 0 aromatic heterocycles. The number of nitrogens with one attached hydrogen (secondary N) is 1. The fraction of sp³-hybridized carbons (Fsp3) is 0.462. The van der Waals surface area contributed by atoms with E-state index < -0.39 is 16.6 Å². The maximum Gasteiger partial charge on any atom is 0.343 e. The molecule has 0 atom stereocenters. The molecule has 2 rings (SSSR count). The van der Waals surface area contributed by atoms with Crippen LogP contribution in [0.5, 0.6) is 5.75 Å². The van der Waals surface area contributed by atoms with Gasteiger partial charge in [0, 0.05) is 18.9 Å². The van der Waals surface area contributed by atoms with E-state index in [1.807, 2.05) is 0 Å². The molecule has 0 bridgehead atoms. The van der Waals surface area contributed by atoms with Crippen molar-refractivity contribution < 1.29 is 23.9 Å². The summed E-state index contributed by atoms with van der Waals surface area (Å²) in [6, 6.07) is 4.43. The van der Waals surface area contributed by atoms with Crippen LogP contribution in [0.4, 0.5) is 11.4 Å². The highest BCUT2D eigenvalue weighted by Crippen LogP contribution is 2.40. The van der Waals surface area contributed by atoms with E-state index in [2.05, 4.69) is 10.1 Å². The van der Waals surface area contributed by atoms with Crippen LogP contribution >= 0.6 is 0 Å². The van der Waals surface area contributed by atoms with Crippen molar-refractivity contribution in [1.82, 2.24) is 0 Å². The van der Waals surface area contributed by atoms with Gasteiger partial charge in [-0.1, -0.05) is 0 Å². The quantitative estimate of drug-likeness (QED) is 0.353. The van der Waals surface area contributed by atoms with Crippen LogP contribution in [-0.2, 0) is 14.3 Å². The van der Waals surface area contributed by atoms with Gasteiger partial charge in [-0.3, -0.25) is 10.1 Å². The standard InChI is InChI=1S/C13H16N2O6/c1-19-12(16)8-21-11-4-3-9(7-10(11)15(17)18)14-13(20-2)5-6-13/h3-4,7,14H,5-6,8H2,1-2H3. The second-order valence-electron chi connectivity index (χ2n) is 4.63. The summed E-state index contributed by atoms with van der Waals surface area (Å²) in [6.07, 6.45) is 1.69. The Morgan fingerprint density at radius 1 is 1.43 bits per heavy atom. The largest absolute Gasteiger partial charge is 0.475 e. The minimum atomic E-state index is -0.609. The normalized spacial score (nSPS) is 15.1. The van der Waals surface area contributed by atoms with Crippen molar-refractivity contribution >= 4 is 17.3 Å². The summed E-state index contributed by atoms with van der Waals surface area (Å²) < 4.78 is 14.8. The Balaban J connectivity index is 2.15. The van der Waals surface area contributed by atoms with Crippen molar-refractivity contribution in [3.8, 4) is 5.75 Å². The molecule has 0 amide bonds. The maximum absolute atomic E-state index is 11.1. The van der Waals surface area contributed by atoms with Crippen LogP contribution in [0.15, 0.2) is 18.2 Å². The van der Waals surface area contributed by atoms with Gasteiger partial charge in [-0.2, -0.15) is 0 Å². The predicted molar refractivity (Wildman–Crippen MR) is 73.2 cm³/mol. The third-order valence-electron chi connectivity index (χ3n) is 3.20. The molecule has 8 heteroatoms. The van der Waals surface area contributed by atoms with E-state index in [4.69, 9.17) is 9.47 Å². The second kappa shape index (κ2) is 5.96. The van der Waals surface area contributed by atoms with Crippen molar-refractivity contribution in [3.05, 3.63) is 28.3 Å². The summed E-state index contributed by atoms with van der Waals surface area (Å²) >= 11 is 0. The smallest absolute Gasteiger partial charge is 0.343 e. The number of rotatable bonds is 7. The van der Waals surface area contributed by atoms with Crippen molar-refractivity contribution in [3.63, 3.8) is 0 Å². The zero-order chi connectivity index (χ0) is 15.5. The number of nitro groups is 1. The Hall–Kier alpha value is -2.35. The number of carbonyl (C=O) groups excluding carboxylic acids is 1. The number of benzene rings is 1. The first-order valence-corrected chi connectivity index (χ1v) is 6.31. The van der Waals surface area contributed by atoms with Crippen molar-refractivity contribution in [2.75, 3.05) is 26.1 Å². The molecule has 1 aliphatic rings. The molecule has 1 N–H and O–H groups in total. The average molecular weight is 296 g/mol. The lowest BCUT2D eigenvalue weighted by Crippen LogP contribution is -2.23. The van der Waals surface area contributed by atoms with Crippen LogP contribution in [0.2, 0.25) is 0 Å². The van der Waals surface area contributed by atoms with Gasteiger partial charge in [0.1, 0.15) is 5.72 Å². The van der Waals surface area contributed by atoms with E-state index in [1.54, 1.807) is 13.2 Å². The summed E-state index contributed by atoms with van der Waals surface area (Å²) in [7, 11) is 2.80. The summed E-state index contributed by atoms with van der Waals surface area (Å²) in [5, 5.41) is 14.2. The lowest BCUT2D eigenvalue weighted by molar-refractivity contribution is -0.385. The van der Waals surface area contributed by atoms with E-state index in [0.717, 1.165) is 12.8 Å². The van der Waals surface area contributed by atoms with Gasteiger partial charge in [0.15, 0.2) is 12.4 Å². The van der Waals surface area contributed by atoms with Crippen molar-refractivity contribution in [1.29, 1.82) is 0 Å². The Labute approximate surface area is 121 Å². The first-order valence-electron chi connectivity index (χ1n) is 6.31. The summed E-state index contributed by atoms with van der Waals surface area (Å²) in [4.78, 5) is 21.5. The van der Waals surface area contributed by atoms with Crippen LogP contribution in [0, 0.1) is 10.1 Å². The number of hydrogen-bond acceptors (Lipinski definition) is 7. The average Bonchev–Trinajstić information content (AvgIpc) is 3.25. The molecule has 0 radical (unpaired) electrons. The van der Waals surface area contributed by atoms with Gasteiger partial charge in [-0.15, -0.1) is 0 Å². The molecular weight excluding hydrogens is 280 g/mol. The number of nitro benzene ring substituents is 1. The van der Waals surface area contributed by atoms with Crippen LogP contribution < -0.4 is 10.1 Å². The van der Waals surface area contributed by atoms with E-state index in [1.165, 1.54) is 19.2 Å². The van der Waals surface area contributed by atoms with Crippen LogP contribution in [0.25, 0.3) is 0 Å². The topological polar surface area (TPSA) is 99.9 Å². The van der Waals surface area contributed by atoms with Crippen molar-refractivity contribution in [2.45, 2.75) is 18.6 Å². The molecule has 0 saturated heterocycles. The zero-order valence-electron chi connectivity index (χ0n) is 11.8. The SMILES string of the molecule is COC(=O)COc1ccc(NC2(OC)CC2)cc1[N+](=O)[O-]. The summed E-state index contributed by atoms with van der Waals surface area (Å²) in [6.45, 7) is -0.383. The number of nitrogens with zero attached hydrogens (tertiary/aromatic N) is 1. The molecule has 1 aromatic carbocycles. The first-order chi connectivity index (χ1) is 9.99. The fourth-order valence-corrected chi connectivity index (χ4v) is 1.81. The third-order valence-corrected chi connectivity index (χ3v) is 3.20. The molecular formula is C13H16N2O6. The van der Waals surface area contributed by atoms with Gasteiger partial charge >= 0.3 is 11.7 Å². The minimum absolute atomic E-state index is 0.0122. The van der Waals surface area contributed by atoms with Gasteiger partial charge in [-0.05, 0) is 25.0 Å². The van der Waals surface area contributed by atoms with Gasteiger partial charge < -0.3 is 19.5 Å². The minimum Gasteiger partial charge on any atom is -0.475 e. The molecule has 8 nitrogen and oxygen atoms in total. The first kappa shape index (κ1) is 15.0. The maximum atomic E-state index is 11.1. The van der Waals surface area contributed by atoms with Crippen LogP contribution in [-0.4, -0.2) is 37.4 Å². The third kappa shape index (κ3) is 3.60. The fourth-order valence-electron chi connectivity index (χ4n) is 1.81. The van der Waals surface area contributed by atoms with E-state index >= 15 is 0 Å². The van der Waals surface area contributed by atoms with Crippen LogP contribution in [0.1, 0.15) is 12.8 Å². The molecule has 0 spiro atoms. The van der Waals surface area contributed by atoms with Gasteiger partial charge in [0.05, 0.1) is 12.0 Å². The molecule has 0 heterocycles. The van der Waals surface area contributed by atoms with Gasteiger partial charge in [0.25, 0.3) is 0 Å². The van der Waals surface area contributed by atoms with Crippen molar-refractivity contribution in [2.24, 2.45) is 0 Å². The highest BCUT2D eigenvalue weighted by Gasteiger charge is 2.43. The Bertz CT molecular complexity index is 556. The Morgan fingerprint density at radius 3 is 2.67 bits per heavy atom. The Morgan fingerprint density at radius 2 is 2.14 bits per heavy atom. The molecule has 1 aromatic rings. The van der Waals surface area contributed by atoms with E-state index in [0.29, 0.717) is 5.69 Å². The van der Waals surface area contributed by atoms with E-state index in [-0.39, 0.29) is 18.0 Å². The number of methoxy groups -OCH3 is 2. The molecule has 1 saturated carbocycles. The van der Waals surface area contributed by atoms with Gasteiger partial charge in [0.2, 0.25) is 0 Å². The number of ether oxygens (including phenoxy) is 3. The molecule has 0 aliphatic heterocycles. The predicted octanol–water partition coefficient (Wildman–Crippen LogP) is 1.69. The lowest BCUT2D eigenvalue weighted by Gasteiger charge is -2.17. The molecule has 0 unspecified atom stereocenters. The lowest BCUT2D eigenvalue weighted by atomic mass is 10.2. The highest BCUT2D eigenvalue weighted by molar-refractivity contribution is 5.71. The number of hydrogen-bond donors (Lipinski definition) is 1. The summed E-state index contributed by atoms with van der Waals surface area (Å²) in [5.74, 6) is -0.596. The molecule has 21 heavy (non-hydrogen) atoms. The highest BCUT2D eigenvalue weighted by atomic mass is 16.6. The summed E-state index contributed by atoms with van der Waals surface area (Å²) in [5.41, 5.74) is -0.0929. The number of esters is 1. The van der Waals surface area contributed by atoms with Gasteiger partial charge in [-0.25, -0.2) is 4.79 Å². The Kier molecular flexibility index (Phi) is 4.27. The number of anilines is 1.